The predicted octanol–water partition coefficient (Wildman–Crippen LogP) is 3.55. The Morgan fingerprint density at radius 1 is 1.11 bits per heavy atom. The number of hydrogen-bond donors (Lipinski definition) is 1. The quantitative estimate of drug-likeness (QED) is 0.919. The number of benzene rings is 2. The second kappa shape index (κ2) is 6.43. The van der Waals surface area contributed by atoms with Crippen LogP contribution in [0.1, 0.15) is 11.1 Å². The Morgan fingerprint density at radius 3 is 2.44 bits per heavy atom. The third kappa shape index (κ3) is 2.84. The van der Waals surface area contributed by atoms with E-state index >= 15 is 0 Å². The molecule has 0 spiro atoms. The summed E-state index contributed by atoms with van der Waals surface area (Å²) in [5.41, 5.74) is 10.5. The average molecular weight is 264 g/mol. The van der Waals surface area contributed by atoms with Crippen molar-refractivity contribution < 1.29 is 4.74 Å². The van der Waals surface area contributed by atoms with Crippen LogP contribution in [-0.2, 0) is 6.54 Å². The van der Waals surface area contributed by atoms with Gasteiger partial charge in [0.1, 0.15) is 5.75 Å². The molecule has 0 fully saturated rings. The fourth-order valence-corrected chi connectivity index (χ4v) is 2.00. The molecule has 2 N–H and O–H groups in total. The van der Waals surface area contributed by atoms with Crippen LogP contribution in [0.4, 0.5) is 0 Å². The van der Waals surface area contributed by atoms with Gasteiger partial charge < -0.3 is 10.5 Å². The van der Waals surface area contributed by atoms with Gasteiger partial charge in [0.05, 0.1) is 7.11 Å². The van der Waals surface area contributed by atoms with E-state index in [0.29, 0.717) is 6.54 Å². The smallest absolute Gasteiger partial charge is 0.123 e. The van der Waals surface area contributed by atoms with E-state index in [-0.39, 0.29) is 12.4 Å². The summed E-state index contributed by atoms with van der Waals surface area (Å²) < 4.78 is 5.28. The number of halogens is 1. The molecule has 96 valence electrons. The van der Waals surface area contributed by atoms with Crippen molar-refractivity contribution in [3.8, 4) is 16.9 Å². The molecule has 0 unspecified atom stereocenters. The van der Waals surface area contributed by atoms with Crippen molar-refractivity contribution in [2.45, 2.75) is 13.5 Å². The molecule has 0 amide bonds. The van der Waals surface area contributed by atoms with Gasteiger partial charge in [0.15, 0.2) is 0 Å². The van der Waals surface area contributed by atoms with Crippen molar-refractivity contribution in [1.29, 1.82) is 0 Å². The molecular formula is C15H18ClNO. The average Bonchev–Trinajstić information content (AvgIpc) is 2.38. The van der Waals surface area contributed by atoms with E-state index in [2.05, 4.69) is 37.3 Å². The lowest BCUT2D eigenvalue weighted by Gasteiger charge is -2.11. The highest BCUT2D eigenvalue weighted by Crippen LogP contribution is 2.28. The third-order valence-electron chi connectivity index (χ3n) is 2.96. The molecule has 0 saturated carbocycles. The maximum absolute atomic E-state index is 5.73. The molecule has 0 aliphatic heterocycles. The summed E-state index contributed by atoms with van der Waals surface area (Å²) in [6, 6.07) is 14.5. The van der Waals surface area contributed by atoms with E-state index in [9.17, 15) is 0 Å². The minimum atomic E-state index is 0. The first-order valence-electron chi connectivity index (χ1n) is 5.69. The maximum Gasteiger partial charge on any atom is 0.123 e. The zero-order valence-corrected chi connectivity index (χ0v) is 11.5. The lowest BCUT2D eigenvalue weighted by molar-refractivity contribution is 0.410. The fraction of sp³-hybridized carbons (Fsp3) is 0.200. The highest BCUT2D eigenvalue weighted by molar-refractivity contribution is 5.85. The highest BCUT2D eigenvalue weighted by Gasteiger charge is 2.05. The van der Waals surface area contributed by atoms with E-state index in [1.165, 1.54) is 16.7 Å². The number of aryl methyl sites for hydroxylation is 1. The molecule has 0 saturated heterocycles. The van der Waals surface area contributed by atoms with Gasteiger partial charge >= 0.3 is 0 Å². The molecule has 0 bridgehead atoms. The van der Waals surface area contributed by atoms with Gasteiger partial charge in [-0.25, -0.2) is 0 Å². The molecule has 0 atom stereocenters. The predicted molar refractivity (Wildman–Crippen MR) is 78.3 cm³/mol. The number of ether oxygens (including phenoxy) is 1. The number of methoxy groups -OCH3 is 1. The molecule has 0 heterocycles. The zero-order chi connectivity index (χ0) is 12.3. The van der Waals surface area contributed by atoms with Crippen molar-refractivity contribution in [1.82, 2.24) is 0 Å². The number of rotatable bonds is 3. The van der Waals surface area contributed by atoms with Gasteiger partial charge in [0.2, 0.25) is 0 Å². The Kier molecular flexibility index (Phi) is 5.20. The molecule has 0 aromatic heterocycles. The lowest BCUT2D eigenvalue weighted by atomic mass is 9.98. The molecule has 0 radical (unpaired) electrons. The minimum Gasteiger partial charge on any atom is -0.496 e. The van der Waals surface area contributed by atoms with Crippen LogP contribution in [0.15, 0.2) is 42.5 Å². The largest absolute Gasteiger partial charge is 0.496 e. The molecule has 2 aromatic carbocycles. The van der Waals surface area contributed by atoms with Gasteiger partial charge in [-0.2, -0.15) is 0 Å². The highest BCUT2D eigenvalue weighted by atomic mass is 35.5. The molecular weight excluding hydrogens is 246 g/mol. The van der Waals surface area contributed by atoms with Crippen molar-refractivity contribution in [2.75, 3.05) is 7.11 Å². The van der Waals surface area contributed by atoms with Gasteiger partial charge in [-0.05, 0) is 35.7 Å². The van der Waals surface area contributed by atoms with Gasteiger partial charge in [0, 0.05) is 12.1 Å². The van der Waals surface area contributed by atoms with Crippen molar-refractivity contribution in [3.63, 3.8) is 0 Å². The summed E-state index contributed by atoms with van der Waals surface area (Å²) in [6.07, 6.45) is 0. The van der Waals surface area contributed by atoms with Gasteiger partial charge in [-0.3, -0.25) is 0 Å². The van der Waals surface area contributed by atoms with Crippen LogP contribution in [0.5, 0.6) is 5.75 Å². The maximum atomic E-state index is 5.73. The molecule has 2 aromatic rings. The molecule has 2 rings (SSSR count). The van der Waals surface area contributed by atoms with E-state index < -0.39 is 0 Å². The normalized spacial score (nSPS) is 9.72. The first-order chi connectivity index (χ1) is 8.26. The number of nitrogens with two attached hydrogens (primary N) is 1. The van der Waals surface area contributed by atoms with Crippen LogP contribution in [0.2, 0.25) is 0 Å². The number of hydrogen-bond acceptors (Lipinski definition) is 2. The summed E-state index contributed by atoms with van der Waals surface area (Å²) in [5, 5.41) is 0. The Bertz CT molecular complexity index is 526. The minimum absolute atomic E-state index is 0. The van der Waals surface area contributed by atoms with Crippen molar-refractivity contribution in [3.05, 3.63) is 53.6 Å². The topological polar surface area (TPSA) is 35.2 Å². The molecule has 18 heavy (non-hydrogen) atoms. The van der Waals surface area contributed by atoms with Crippen molar-refractivity contribution in [2.24, 2.45) is 5.73 Å². The van der Waals surface area contributed by atoms with Crippen molar-refractivity contribution >= 4 is 12.4 Å². The Hall–Kier alpha value is -1.51. The third-order valence-corrected chi connectivity index (χ3v) is 2.96. The summed E-state index contributed by atoms with van der Waals surface area (Å²) in [4.78, 5) is 0. The fourth-order valence-electron chi connectivity index (χ4n) is 2.00. The summed E-state index contributed by atoms with van der Waals surface area (Å²) in [7, 11) is 1.67. The van der Waals surface area contributed by atoms with Gasteiger partial charge in [-0.15, -0.1) is 12.4 Å². The van der Waals surface area contributed by atoms with Crippen LogP contribution < -0.4 is 10.5 Å². The van der Waals surface area contributed by atoms with Crippen LogP contribution >= 0.6 is 12.4 Å². The van der Waals surface area contributed by atoms with Gasteiger partial charge in [0.25, 0.3) is 0 Å². The second-order valence-electron chi connectivity index (χ2n) is 4.05. The molecule has 3 heteroatoms. The molecule has 0 aliphatic rings. The Morgan fingerprint density at radius 2 is 1.83 bits per heavy atom. The SMILES string of the molecule is COc1ccc(-c2ccccc2C)cc1CN.Cl. The van der Waals surface area contributed by atoms with Gasteiger partial charge in [-0.1, -0.05) is 30.3 Å². The van der Waals surface area contributed by atoms with E-state index in [4.69, 9.17) is 10.5 Å². The monoisotopic (exact) mass is 263 g/mol. The van der Waals surface area contributed by atoms with Crippen LogP contribution in [0.25, 0.3) is 11.1 Å². The Labute approximate surface area is 114 Å². The second-order valence-corrected chi connectivity index (χ2v) is 4.05. The van der Waals surface area contributed by atoms with E-state index in [0.717, 1.165) is 11.3 Å². The van der Waals surface area contributed by atoms with Crippen LogP contribution in [0, 0.1) is 6.92 Å². The first kappa shape index (κ1) is 14.6. The Balaban J connectivity index is 0.00000162. The molecule has 0 aliphatic carbocycles. The van der Waals surface area contributed by atoms with Crippen LogP contribution in [-0.4, -0.2) is 7.11 Å². The standard InChI is InChI=1S/C15H17NO.ClH/c1-11-5-3-4-6-14(11)12-7-8-15(17-2)13(9-12)10-16;/h3-9H,10,16H2,1-2H3;1H. The lowest BCUT2D eigenvalue weighted by Crippen LogP contribution is -2.00. The first-order valence-corrected chi connectivity index (χ1v) is 5.69. The van der Waals surface area contributed by atoms with Crippen LogP contribution in [0.3, 0.4) is 0 Å². The summed E-state index contributed by atoms with van der Waals surface area (Å²) in [6.45, 7) is 2.60. The summed E-state index contributed by atoms with van der Waals surface area (Å²) >= 11 is 0. The summed E-state index contributed by atoms with van der Waals surface area (Å²) in [5.74, 6) is 0.852. The van der Waals surface area contributed by atoms with E-state index in [1.807, 2.05) is 12.1 Å². The zero-order valence-electron chi connectivity index (χ0n) is 10.6. The van der Waals surface area contributed by atoms with E-state index in [1.54, 1.807) is 7.11 Å². The molecule has 2 nitrogen and oxygen atoms in total.